The van der Waals surface area contributed by atoms with Crippen LogP contribution < -0.4 is 0 Å². The van der Waals surface area contributed by atoms with E-state index >= 15 is 0 Å². The van der Waals surface area contributed by atoms with E-state index in [2.05, 4.69) is 4.74 Å². The quantitative estimate of drug-likeness (QED) is 0.620. The van der Waals surface area contributed by atoms with Gasteiger partial charge >= 0.3 is 17.9 Å². The molecule has 0 aliphatic carbocycles. The zero-order chi connectivity index (χ0) is 15.6. The van der Waals surface area contributed by atoms with Crippen molar-refractivity contribution in [1.29, 1.82) is 0 Å². The average Bonchev–Trinajstić information content (AvgIpc) is 2.41. The first kappa shape index (κ1) is 15.0. The molecule has 1 aromatic rings. The molecule has 1 fully saturated rings. The second-order valence-corrected chi connectivity index (χ2v) is 5.19. The first-order valence-corrected chi connectivity index (χ1v) is 6.45. The zero-order valence-electron chi connectivity index (χ0n) is 12.0. The topological polar surface area (TPSA) is 78.9 Å². The third-order valence-electron chi connectivity index (χ3n) is 3.05. The van der Waals surface area contributed by atoms with Crippen LogP contribution in [0.25, 0.3) is 0 Å². The van der Waals surface area contributed by atoms with Gasteiger partial charge in [0.15, 0.2) is 5.92 Å². The minimum atomic E-state index is -1.24. The Labute approximate surface area is 122 Å². The largest absolute Gasteiger partial charge is 0.465 e. The van der Waals surface area contributed by atoms with Crippen LogP contribution in [0.15, 0.2) is 24.3 Å². The Kier molecular flexibility index (Phi) is 3.97. The summed E-state index contributed by atoms with van der Waals surface area (Å²) in [5.41, 5.74) is 1.00. The molecule has 6 heteroatoms. The zero-order valence-corrected chi connectivity index (χ0v) is 12.0. The maximum Gasteiger partial charge on any atom is 0.337 e. The van der Waals surface area contributed by atoms with Gasteiger partial charge in [0.1, 0.15) is 0 Å². The Morgan fingerprint density at radius 1 is 1.24 bits per heavy atom. The van der Waals surface area contributed by atoms with Gasteiger partial charge in [-0.3, -0.25) is 9.59 Å². The van der Waals surface area contributed by atoms with Crippen molar-refractivity contribution in [3.05, 3.63) is 35.4 Å². The molecule has 1 aliphatic rings. The van der Waals surface area contributed by atoms with Gasteiger partial charge in [0.2, 0.25) is 0 Å². The number of hydrogen-bond donors (Lipinski definition) is 0. The molecular weight excluding hydrogens is 276 g/mol. The van der Waals surface area contributed by atoms with E-state index in [0.717, 1.165) is 0 Å². The van der Waals surface area contributed by atoms with Crippen LogP contribution >= 0.6 is 0 Å². The van der Waals surface area contributed by atoms with Gasteiger partial charge in [-0.25, -0.2) is 4.79 Å². The van der Waals surface area contributed by atoms with E-state index in [1.165, 1.54) is 21.0 Å². The minimum Gasteiger partial charge on any atom is -0.465 e. The van der Waals surface area contributed by atoms with E-state index in [0.29, 0.717) is 11.1 Å². The predicted molar refractivity (Wildman–Crippen MR) is 71.2 cm³/mol. The van der Waals surface area contributed by atoms with Gasteiger partial charge in [0.25, 0.3) is 5.79 Å². The summed E-state index contributed by atoms with van der Waals surface area (Å²) in [5, 5.41) is 0. The summed E-state index contributed by atoms with van der Waals surface area (Å²) < 4.78 is 14.7. The highest BCUT2D eigenvalue weighted by Crippen LogP contribution is 2.25. The molecule has 0 amide bonds. The number of carbonyl (C=O) groups is 3. The number of hydrogen-bond acceptors (Lipinski definition) is 6. The summed E-state index contributed by atoms with van der Waals surface area (Å²) in [7, 11) is 1.28. The average molecular weight is 292 g/mol. The van der Waals surface area contributed by atoms with Crippen LogP contribution in [0.4, 0.5) is 0 Å². The fourth-order valence-electron chi connectivity index (χ4n) is 2.09. The van der Waals surface area contributed by atoms with Crippen LogP contribution in [0.2, 0.25) is 0 Å². The predicted octanol–water partition coefficient (Wildman–Crippen LogP) is 1.47. The van der Waals surface area contributed by atoms with Gasteiger partial charge in [0, 0.05) is 13.8 Å². The van der Waals surface area contributed by atoms with Crippen molar-refractivity contribution >= 4 is 17.9 Å². The SMILES string of the molecule is COC(=O)c1cccc(CC2C(=O)OC(C)(C)OC2=O)c1. The molecule has 0 aromatic heterocycles. The Morgan fingerprint density at radius 3 is 2.43 bits per heavy atom. The van der Waals surface area contributed by atoms with Crippen molar-refractivity contribution in [3.8, 4) is 0 Å². The molecular formula is C15H16O6. The molecule has 0 unspecified atom stereocenters. The third kappa shape index (κ3) is 3.39. The molecule has 1 saturated heterocycles. The van der Waals surface area contributed by atoms with E-state index in [9.17, 15) is 14.4 Å². The fraction of sp³-hybridized carbons (Fsp3) is 0.400. The van der Waals surface area contributed by atoms with Gasteiger partial charge < -0.3 is 14.2 Å². The highest BCUT2D eigenvalue weighted by atomic mass is 16.7. The number of methoxy groups -OCH3 is 1. The number of rotatable bonds is 3. The van der Waals surface area contributed by atoms with Crippen molar-refractivity contribution in [2.24, 2.45) is 5.92 Å². The number of carbonyl (C=O) groups excluding carboxylic acids is 3. The molecule has 1 aliphatic heterocycles. The van der Waals surface area contributed by atoms with Crippen LogP contribution in [0.5, 0.6) is 0 Å². The van der Waals surface area contributed by atoms with E-state index in [1.54, 1.807) is 24.3 Å². The van der Waals surface area contributed by atoms with E-state index in [1.807, 2.05) is 0 Å². The molecule has 1 aromatic carbocycles. The number of cyclic esters (lactones) is 2. The number of ether oxygens (including phenoxy) is 3. The second kappa shape index (κ2) is 5.55. The van der Waals surface area contributed by atoms with Gasteiger partial charge in [-0.1, -0.05) is 12.1 Å². The number of benzene rings is 1. The first-order valence-electron chi connectivity index (χ1n) is 6.45. The maximum atomic E-state index is 11.9. The standard InChI is InChI=1S/C15H16O6/c1-15(2)20-13(17)11(14(18)21-15)8-9-5-4-6-10(7-9)12(16)19-3/h4-7,11H,8H2,1-3H3. The fourth-order valence-corrected chi connectivity index (χ4v) is 2.09. The molecule has 112 valence electrons. The first-order chi connectivity index (χ1) is 9.82. The molecule has 6 nitrogen and oxygen atoms in total. The van der Waals surface area contributed by atoms with Crippen LogP contribution in [0.3, 0.4) is 0 Å². The summed E-state index contributed by atoms with van der Waals surface area (Å²) in [6.07, 6.45) is 0.110. The molecule has 21 heavy (non-hydrogen) atoms. The summed E-state index contributed by atoms with van der Waals surface area (Å²) in [6.45, 7) is 2.99. The lowest BCUT2D eigenvalue weighted by atomic mass is 9.97. The maximum absolute atomic E-state index is 11.9. The van der Waals surface area contributed by atoms with Gasteiger partial charge in [-0.2, -0.15) is 0 Å². The summed E-state index contributed by atoms with van der Waals surface area (Å²) in [5.74, 6) is -3.99. The molecule has 0 bridgehead atoms. The molecule has 0 radical (unpaired) electrons. The summed E-state index contributed by atoms with van der Waals surface area (Å²) in [6, 6.07) is 6.54. The minimum absolute atomic E-state index is 0.110. The van der Waals surface area contributed by atoms with Gasteiger partial charge in [0.05, 0.1) is 12.7 Å². The third-order valence-corrected chi connectivity index (χ3v) is 3.05. The highest BCUT2D eigenvalue weighted by Gasteiger charge is 2.43. The van der Waals surface area contributed by atoms with Gasteiger partial charge in [-0.05, 0) is 24.1 Å². The van der Waals surface area contributed by atoms with Crippen molar-refractivity contribution in [2.45, 2.75) is 26.1 Å². The normalized spacial score (nSPS) is 17.9. The highest BCUT2D eigenvalue weighted by molar-refractivity contribution is 5.97. The van der Waals surface area contributed by atoms with Crippen LogP contribution in [-0.4, -0.2) is 30.8 Å². The Bertz CT molecular complexity index is 570. The molecule has 2 rings (SSSR count). The Morgan fingerprint density at radius 2 is 1.86 bits per heavy atom. The van der Waals surface area contributed by atoms with Crippen LogP contribution in [0.1, 0.15) is 29.8 Å². The summed E-state index contributed by atoms with van der Waals surface area (Å²) in [4.78, 5) is 35.2. The van der Waals surface area contributed by atoms with E-state index in [-0.39, 0.29) is 6.42 Å². The van der Waals surface area contributed by atoms with Crippen LogP contribution in [-0.2, 0) is 30.2 Å². The molecule has 0 spiro atoms. The van der Waals surface area contributed by atoms with E-state index in [4.69, 9.17) is 9.47 Å². The smallest absolute Gasteiger partial charge is 0.337 e. The van der Waals surface area contributed by atoms with E-state index < -0.39 is 29.6 Å². The Balaban J connectivity index is 2.17. The van der Waals surface area contributed by atoms with Crippen molar-refractivity contribution < 1.29 is 28.6 Å². The van der Waals surface area contributed by atoms with Crippen molar-refractivity contribution in [2.75, 3.05) is 7.11 Å². The lowest BCUT2D eigenvalue weighted by Gasteiger charge is -2.32. The van der Waals surface area contributed by atoms with Crippen molar-refractivity contribution in [3.63, 3.8) is 0 Å². The lowest BCUT2D eigenvalue weighted by molar-refractivity contribution is -0.239. The molecule has 0 N–H and O–H groups in total. The van der Waals surface area contributed by atoms with Crippen molar-refractivity contribution in [1.82, 2.24) is 0 Å². The van der Waals surface area contributed by atoms with Gasteiger partial charge in [-0.15, -0.1) is 0 Å². The summed E-state index contributed by atoms with van der Waals surface area (Å²) >= 11 is 0. The number of esters is 3. The molecule has 1 heterocycles. The molecule has 0 atom stereocenters. The second-order valence-electron chi connectivity index (χ2n) is 5.19. The monoisotopic (exact) mass is 292 g/mol. The lowest BCUT2D eigenvalue weighted by Crippen LogP contribution is -2.46. The Hall–Kier alpha value is -2.37. The molecule has 0 saturated carbocycles. The van der Waals surface area contributed by atoms with Crippen LogP contribution in [0, 0.1) is 5.92 Å².